The summed E-state index contributed by atoms with van der Waals surface area (Å²) in [6.45, 7) is 2.29. The van der Waals surface area contributed by atoms with Gasteiger partial charge in [0.1, 0.15) is 31.1 Å². The van der Waals surface area contributed by atoms with Gasteiger partial charge in [0.25, 0.3) is 5.91 Å². The molecule has 0 atom stereocenters. The smallest absolute Gasteiger partial charge is 0.277 e. The van der Waals surface area contributed by atoms with Gasteiger partial charge in [-0.25, -0.2) is 0 Å². The number of hydrogen-bond donors (Lipinski definition) is 1. The number of rotatable bonds is 6. The number of nitrogens with one attached hydrogen (secondary N) is 1. The SMILES string of the molecule is Cc1cccc(OCCNC(=O)CN2C(=O)Cn3c(cc4ccccc43)C2=O)c1. The Labute approximate surface area is 167 Å². The zero-order valence-electron chi connectivity index (χ0n) is 16.1. The van der Waals surface area contributed by atoms with Crippen molar-refractivity contribution >= 4 is 28.6 Å². The minimum Gasteiger partial charge on any atom is -0.492 e. The number of aromatic nitrogens is 1. The minimum atomic E-state index is -0.455. The standard InChI is InChI=1S/C22H21N3O4/c1-15-5-4-7-17(11-15)29-10-9-23-20(26)13-25-21(27)14-24-18-8-3-2-6-16(18)12-19(24)22(25)28/h2-8,11-12H,9-10,13-14H2,1H3,(H,23,26). The molecule has 0 unspecified atom stereocenters. The minimum absolute atomic E-state index is 0.0400. The summed E-state index contributed by atoms with van der Waals surface area (Å²) in [5, 5.41) is 3.58. The number of hydrogen-bond acceptors (Lipinski definition) is 4. The van der Waals surface area contributed by atoms with E-state index in [-0.39, 0.29) is 19.6 Å². The predicted molar refractivity (Wildman–Crippen MR) is 108 cm³/mol. The molecule has 7 nitrogen and oxygen atoms in total. The molecule has 4 rings (SSSR count). The molecule has 0 aliphatic carbocycles. The molecule has 1 aliphatic heterocycles. The Hall–Kier alpha value is -3.61. The summed E-state index contributed by atoms with van der Waals surface area (Å²) < 4.78 is 7.28. The van der Waals surface area contributed by atoms with Crippen LogP contribution in [0.1, 0.15) is 16.1 Å². The second kappa shape index (κ2) is 7.79. The zero-order chi connectivity index (χ0) is 20.4. The molecule has 148 valence electrons. The number of nitrogens with zero attached hydrogens (tertiary/aromatic N) is 2. The third kappa shape index (κ3) is 3.85. The zero-order valence-corrected chi connectivity index (χ0v) is 16.1. The van der Waals surface area contributed by atoms with Crippen LogP contribution in [0, 0.1) is 6.92 Å². The van der Waals surface area contributed by atoms with Crippen molar-refractivity contribution in [3.05, 3.63) is 65.9 Å². The van der Waals surface area contributed by atoms with Crippen LogP contribution in [-0.2, 0) is 16.1 Å². The van der Waals surface area contributed by atoms with Crippen molar-refractivity contribution in [1.82, 2.24) is 14.8 Å². The molecule has 1 N–H and O–H groups in total. The van der Waals surface area contributed by atoms with Crippen molar-refractivity contribution < 1.29 is 19.1 Å². The molecule has 0 saturated heterocycles. The van der Waals surface area contributed by atoms with Crippen molar-refractivity contribution in [2.75, 3.05) is 19.7 Å². The Kier molecular flexibility index (Phi) is 5.03. The molecule has 1 aromatic heterocycles. The largest absolute Gasteiger partial charge is 0.492 e. The fourth-order valence-corrected chi connectivity index (χ4v) is 3.45. The van der Waals surface area contributed by atoms with Crippen LogP contribution in [0.5, 0.6) is 5.75 Å². The van der Waals surface area contributed by atoms with Crippen LogP contribution in [0.4, 0.5) is 0 Å². The van der Waals surface area contributed by atoms with Gasteiger partial charge in [-0.3, -0.25) is 19.3 Å². The van der Waals surface area contributed by atoms with Crippen LogP contribution in [0.3, 0.4) is 0 Å². The molecule has 29 heavy (non-hydrogen) atoms. The lowest BCUT2D eigenvalue weighted by atomic mass is 10.2. The molecule has 2 aromatic carbocycles. The molecular formula is C22H21N3O4. The van der Waals surface area contributed by atoms with Gasteiger partial charge in [0.15, 0.2) is 0 Å². The first-order chi connectivity index (χ1) is 14.0. The first-order valence-corrected chi connectivity index (χ1v) is 9.42. The highest BCUT2D eigenvalue weighted by molar-refractivity contribution is 6.11. The van der Waals surface area contributed by atoms with Crippen molar-refractivity contribution in [2.45, 2.75) is 13.5 Å². The average Bonchev–Trinajstić information content (AvgIpc) is 3.07. The Morgan fingerprint density at radius 2 is 1.93 bits per heavy atom. The molecule has 0 fully saturated rings. The lowest BCUT2D eigenvalue weighted by Gasteiger charge is -2.26. The van der Waals surface area contributed by atoms with E-state index in [0.717, 1.165) is 27.1 Å². The van der Waals surface area contributed by atoms with E-state index in [9.17, 15) is 14.4 Å². The monoisotopic (exact) mass is 391 g/mol. The van der Waals surface area contributed by atoms with Crippen molar-refractivity contribution in [3.63, 3.8) is 0 Å². The van der Waals surface area contributed by atoms with Crippen LogP contribution in [0.2, 0.25) is 0 Å². The number of carbonyl (C=O) groups excluding carboxylic acids is 3. The van der Waals surface area contributed by atoms with E-state index in [2.05, 4.69) is 5.32 Å². The van der Waals surface area contributed by atoms with E-state index >= 15 is 0 Å². The van der Waals surface area contributed by atoms with Gasteiger partial charge < -0.3 is 14.6 Å². The van der Waals surface area contributed by atoms with E-state index in [1.165, 1.54) is 0 Å². The van der Waals surface area contributed by atoms with E-state index in [0.29, 0.717) is 12.3 Å². The normalized spacial score (nSPS) is 13.5. The number of fused-ring (bicyclic) bond motifs is 3. The third-order valence-electron chi connectivity index (χ3n) is 4.85. The molecule has 0 saturated carbocycles. The maximum absolute atomic E-state index is 12.8. The topological polar surface area (TPSA) is 80.6 Å². The molecule has 0 spiro atoms. The molecular weight excluding hydrogens is 370 g/mol. The summed E-state index contributed by atoms with van der Waals surface area (Å²) >= 11 is 0. The van der Waals surface area contributed by atoms with Gasteiger partial charge in [0.05, 0.1) is 6.54 Å². The average molecular weight is 391 g/mol. The maximum atomic E-state index is 12.8. The van der Waals surface area contributed by atoms with Crippen LogP contribution in [-0.4, -0.2) is 46.9 Å². The van der Waals surface area contributed by atoms with E-state index in [1.54, 1.807) is 10.6 Å². The number of para-hydroxylation sites is 1. The second-order valence-corrected chi connectivity index (χ2v) is 6.97. The molecule has 0 radical (unpaired) electrons. The van der Waals surface area contributed by atoms with Gasteiger partial charge in [-0.2, -0.15) is 0 Å². The van der Waals surface area contributed by atoms with Crippen LogP contribution >= 0.6 is 0 Å². The molecule has 0 bridgehead atoms. The van der Waals surface area contributed by atoms with E-state index in [1.807, 2.05) is 55.5 Å². The first-order valence-electron chi connectivity index (χ1n) is 9.42. The van der Waals surface area contributed by atoms with Gasteiger partial charge in [-0.15, -0.1) is 0 Å². The highest BCUT2D eigenvalue weighted by Crippen LogP contribution is 2.24. The Bertz CT molecular complexity index is 1100. The summed E-state index contributed by atoms with van der Waals surface area (Å²) in [6, 6.07) is 16.9. The van der Waals surface area contributed by atoms with Crippen molar-refractivity contribution in [3.8, 4) is 5.75 Å². The summed E-state index contributed by atoms with van der Waals surface area (Å²) in [6.07, 6.45) is 0. The Morgan fingerprint density at radius 1 is 1.10 bits per heavy atom. The van der Waals surface area contributed by atoms with E-state index in [4.69, 9.17) is 4.74 Å². The maximum Gasteiger partial charge on any atom is 0.277 e. The molecule has 1 aliphatic rings. The molecule has 2 heterocycles. The van der Waals surface area contributed by atoms with Gasteiger partial charge in [-0.05, 0) is 36.8 Å². The molecule has 7 heteroatoms. The number of amides is 3. The highest BCUT2D eigenvalue weighted by Gasteiger charge is 2.33. The number of benzene rings is 2. The number of ether oxygens (including phenoxy) is 1. The number of carbonyl (C=O) groups is 3. The molecule has 3 aromatic rings. The van der Waals surface area contributed by atoms with Crippen molar-refractivity contribution in [2.24, 2.45) is 0 Å². The Balaban J connectivity index is 1.34. The second-order valence-electron chi connectivity index (χ2n) is 6.97. The van der Waals surface area contributed by atoms with Gasteiger partial charge >= 0.3 is 0 Å². The summed E-state index contributed by atoms with van der Waals surface area (Å²) in [5.74, 6) is -0.517. The third-order valence-corrected chi connectivity index (χ3v) is 4.85. The fourth-order valence-electron chi connectivity index (χ4n) is 3.45. The first kappa shape index (κ1) is 18.7. The number of imide groups is 1. The fraction of sp³-hybridized carbons (Fsp3) is 0.227. The summed E-state index contributed by atoms with van der Waals surface area (Å²) in [4.78, 5) is 38.5. The van der Waals surface area contributed by atoms with Crippen LogP contribution < -0.4 is 10.1 Å². The summed E-state index contributed by atoms with van der Waals surface area (Å²) in [5.41, 5.74) is 2.34. The van der Waals surface area contributed by atoms with Crippen LogP contribution in [0.15, 0.2) is 54.6 Å². The highest BCUT2D eigenvalue weighted by atomic mass is 16.5. The van der Waals surface area contributed by atoms with E-state index < -0.39 is 17.7 Å². The predicted octanol–water partition coefficient (Wildman–Crippen LogP) is 2.13. The Morgan fingerprint density at radius 3 is 2.76 bits per heavy atom. The number of aryl methyl sites for hydroxylation is 1. The quantitative estimate of drug-likeness (QED) is 0.516. The van der Waals surface area contributed by atoms with Gasteiger partial charge in [0.2, 0.25) is 11.8 Å². The molecule has 3 amide bonds. The lowest BCUT2D eigenvalue weighted by molar-refractivity contribution is -0.134. The summed E-state index contributed by atoms with van der Waals surface area (Å²) in [7, 11) is 0. The van der Waals surface area contributed by atoms with Crippen molar-refractivity contribution in [1.29, 1.82) is 0 Å². The van der Waals surface area contributed by atoms with Gasteiger partial charge in [-0.1, -0.05) is 30.3 Å². The lowest BCUT2D eigenvalue weighted by Crippen LogP contribution is -2.49. The van der Waals surface area contributed by atoms with Crippen LogP contribution in [0.25, 0.3) is 10.9 Å². The van der Waals surface area contributed by atoms with Gasteiger partial charge in [0, 0.05) is 10.9 Å².